The molecule has 0 bridgehead atoms. The fourth-order valence-corrected chi connectivity index (χ4v) is 3.40. The molecule has 1 unspecified atom stereocenters. The maximum atomic E-state index is 12.1. The Bertz CT molecular complexity index is 1220. The van der Waals surface area contributed by atoms with E-state index in [9.17, 15) is 9.90 Å². The number of aromatic nitrogens is 3. The lowest BCUT2D eigenvalue weighted by Gasteiger charge is -2.16. The molecule has 4 rings (SSSR count). The second kappa shape index (κ2) is 7.96. The van der Waals surface area contributed by atoms with Crippen molar-refractivity contribution in [2.75, 3.05) is 21.2 Å². The van der Waals surface area contributed by atoms with Gasteiger partial charge in [-0.15, -0.1) is 0 Å². The Kier molecular flexibility index (Phi) is 5.20. The lowest BCUT2D eigenvalue weighted by atomic mass is 10.0. The number of aromatic amines is 1. The summed E-state index contributed by atoms with van der Waals surface area (Å²) in [5.41, 5.74) is 4.72. The Hall–Kier alpha value is -3.71. The summed E-state index contributed by atoms with van der Waals surface area (Å²) >= 11 is 0. The van der Waals surface area contributed by atoms with Crippen molar-refractivity contribution in [3.63, 3.8) is 0 Å². The molecule has 0 fully saturated rings. The van der Waals surface area contributed by atoms with Crippen LogP contribution in [-0.4, -0.2) is 52.1 Å². The van der Waals surface area contributed by atoms with Gasteiger partial charge in [-0.1, -0.05) is 18.2 Å². The number of hydrogen-bond acceptors (Lipinski definition) is 5. The second-order valence-corrected chi connectivity index (χ2v) is 7.16. The zero-order chi connectivity index (χ0) is 21.3. The molecule has 152 valence electrons. The molecule has 2 N–H and O–H groups in total. The number of ether oxygens (including phenoxy) is 1. The van der Waals surface area contributed by atoms with Crippen molar-refractivity contribution in [1.82, 2.24) is 19.9 Å². The summed E-state index contributed by atoms with van der Waals surface area (Å²) in [6, 6.07) is 11.6. The molecule has 0 spiro atoms. The molecule has 0 radical (unpaired) electrons. The van der Waals surface area contributed by atoms with Crippen LogP contribution in [0.1, 0.15) is 11.7 Å². The van der Waals surface area contributed by atoms with E-state index in [1.54, 1.807) is 39.7 Å². The van der Waals surface area contributed by atoms with E-state index in [-0.39, 0.29) is 0 Å². The number of benzene rings is 1. The minimum Gasteiger partial charge on any atom is -0.496 e. The predicted molar refractivity (Wildman–Crippen MR) is 115 cm³/mol. The minimum atomic E-state index is -1.26. The smallest absolute Gasteiger partial charge is 0.255 e. The van der Waals surface area contributed by atoms with E-state index < -0.39 is 12.0 Å². The molecule has 7 heteroatoms. The van der Waals surface area contributed by atoms with Gasteiger partial charge in [-0.25, -0.2) is 4.98 Å². The molecular formula is C23H22N4O3. The maximum absolute atomic E-state index is 12.1. The first-order chi connectivity index (χ1) is 14.5. The number of fused-ring (bicyclic) bond motifs is 1. The van der Waals surface area contributed by atoms with Crippen LogP contribution < -0.4 is 4.74 Å². The number of rotatable bonds is 5. The molecule has 3 aromatic heterocycles. The number of pyridine rings is 2. The highest BCUT2D eigenvalue weighted by Crippen LogP contribution is 2.36. The Morgan fingerprint density at radius 2 is 1.87 bits per heavy atom. The van der Waals surface area contributed by atoms with E-state index in [0.717, 1.165) is 39.0 Å². The van der Waals surface area contributed by atoms with Crippen LogP contribution in [0.2, 0.25) is 0 Å². The summed E-state index contributed by atoms with van der Waals surface area (Å²) in [6.07, 6.45) is 5.58. The fourth-order valence-electron chi connectivity index (χ4n) is 3.40. The molecular weight excluding hydrogens is 380 g/mol. The van der Waals surface area contributed by atoms with E-state index in [1.807, 2.05) is 36.5 Å². The van der Waals surface area contributed by atoms with Crippen molar-refractivity contribution in [3.05, 3.63) is 66.7 Å². The van der Waals surface area contributed by atoms with Crippen LogP contribution in [0.4, 0.5) is 0 Å². The summed E-state index contributed by atoms with van der Waals surface area (Å²) in [4.78, 5) is 25.4. The number of aliphatic hydroxyl groups excluding tert-OH is 1. The molecule has 1 atom stereocenters. The van der Waals surface area contributed by atoms with Crippen molar-refractivity contribution in [2.45, 2.75) is 6.10 Å². The van der Waals surface area contributed by atoms with E-state index in [2.05, 4.69) is 15.0 Å². The van der Waals surface area contributed by atoms with Gasteiger partial charge in [-0.2, -0.15) is 0 Å². The third-order valence-electron chi connectivity index (χ3n) is 5.01. The molecule has 0 saturated heterocycles. The highest BCUT2D eigenvalue weighted by atomic mass is 16.5. The zero-order valence-corrected chi connectivity index (χ0v) is 17.0. The van der Waals surface area contributed by atoms with E-state index in [0.29, 0.717) is 5.56 Å². The third kappa shape index (κ3) is 3.51. The van der Waals surface area contributed by atoms with Crippen LogP contribution in [0.25, 0.3) is 33.3 Å². The third-order valence-corrected chi connectivity index (χ3v) is 5.01. The number of carbonyl (C=O) groups excluding carboxylic acids is 1. The van der Waals surface area contributed by atoms with Gasteiger partial charge in [-0.3, -0.25) is 9.78 Å². The predicted octanol–water partition coefficient (Wildman–Crippen LogP) is 3.42. The quantitative estimate of drug-likeness (QED) is 0.534. The van der Waals surface area contributed by atoms with Crippen LogP contribution in [0.5, 0.6) is 5.75 Å². The summed E-state index contributed by atoms with van der Waals surface area (Å²) in [5.74, 6) is 0.379. The number of amides is 1. The van der Waals surface area contributed by atoms with Crippen LogP contribution in [0, 0.1) is 0 Å². The monoisotopic (exact) mass is 402 g/mol. The van der Waals surface area contributed by atoms with Crippen molar-refractivity contribution in [2.24, 2.45) is 0 Å². The van der Waals surface area contributed by atoms with E-state index in [1.165, 1.54) is 11.1 Å². The molecule has 0 aliphatic carbocycles. The maximum Gasteiger partial charge on any atom is 0.255 e. The summed E-state index contributed by atoms with van der Waals surface area (Å²) < 4.78 is 5.51. The second-order valence-electron chi connectivity index (χ2n) is 7.16. The standard InChI is InChI=1S/C23H22N4O3/c1-27(2)23(29)21(28)16-8-14(10-24-11-16)15-9-18-19(13-26-22(18)25-12-15)17-6-4-5-7-20(17)30-3/h4-13,21,28H,1-3H3,(H,25,26). The normalized spacial score (nSPS) is 12.0. The van der Waals surface area contributed by atoms with E-state index in [4.69, 9.17) is 4.74 Å². The van der Waals surface area contributed by atoms with Crippen LogP contribution in [0.15, 0.2) is 61.2 Å². The number of para-hydroxylation sites is 1. The Labute approximate surface area is 174 Å². The van der Waals surface area contributed by atoms with Gasteiger partial charge in [0.1, 0.15) is 11.4 Å². The first-order valence-corrected chi connectivity index (χ1v) is 9.44. The zero-order valence-electron chi connectivity index (χ0n) is 17.0. The molecule has 1 aromatic carbocycles. The van der Waals surface area contributed by atoms with Crippen molar-refractivity contribution in [3.8, 4) is 28.0 Å². The van der Waals surface area contributed by atoms with E-state index >= 15 is 0 Å². The number of carbonyl (C=O) groups is 1. The fraction of sp³-hybridized carbons (Fsp3) is 0.174. The van der Waals surface area contributed by atoms with Crippen molar-refractivity contribution in [1.29, 1.82) is 0 Å². The van der Waals surface area contributed by atoms with Crippen molar-refractivity contribution >= 4 is 16.9 Å². The van der Waals surface area contributed by atoms with Gasteiger partial charge in [0, 0.05) is 72.1 Å². The molecule has 30 heavy (non-hydrogen) atoms. The number of aliphatic hydroxyl groups is 1. The molecule has 1 amide bonds. The molecule has 0 aliphatic rings. The van der Waals surface area contributed by atoms with Gasteiger partial charge in [0.25, 0.3) is 5.91 Å². The van der Waals surface area contributed by atoms with Gasteiger partial charge in [0.2, 0.25) is 0 Å². The molecule has 7 nitrogen and oxygen atoms in total. The van der Waals surface area contributed by atoms with Crippen LogP contribution in [0.3, 0.4) is 0 Å². The summed E-state index contributed by atoms with van der Waals surface area (Å²) in [5, 5.41) is 11.3. The number of H-pyrrole nitrogens is 1. The summed E-state index contributed by atoms with van der Waals surface area (Å²) in [7, 11) is 4.85. The van der Waals surface area contributed by atoms with Gasteiger partial charge >= 0.3 is 0 Å². The molecule has 0 saturated carbocycles. The van der Waals surface area contributed by atoms with Gasteiger partial charge in [-0.05, 0) is 18.2 Å². The SMILES string of the molecule is COc1ccccc1-c1c[nH]c2ncc(-c3cncc(C(O)C(=O)N(C)C)c3)cc12. The lowest BCUT2D eigenvalue weighted by Crippen LogP contribution is -2.28. The first kappa shape index (κ1) is 19.6. The Morgan fingerprint density at radius 3 is 2.63 bits per heavy atom. The average molecular weight is 402 g/mol. The lowest BCUT2D eigenvalue weighted by molar-refractivity contribution is -0.137. The number of nitrogens with zero attached hydrogens (tertiary/aromatic N) is 3. The van der Waals surface area contributed by atoms with Gasteiger partial charge in [0.05, 0.1) is 7.11 Å². The largest absolute Gasteiger partial charge is 0.496 e. The van der Waals surface area contributed by atoms with Crippen LogP contribution in [-0.2, 0) is 4.79 Å². The number of methoxy groups -OCH3 is 1. The molecule has 4 aromatic rings. The van der Waals surface area contributed by atoms with Crippen molar-refractivity contribution < 1.29 is 14.6 Å². The highest BCUT2D eigenvalue weighted by molar-refractivity contribution is 5.97. The topological polar surface area (TPSA) is 91.3 Å². The Balaban J connectivity index is 1.78. The number of hydrogen-bond donors (Lipinski definition) is 2. The highest BCUT2D eigenvalue weighted by Gasteiger charge is 2.20. The first-order valence-electron chi connectivity index (χ1n) is 9.44. The summed E-state index contributed by atoms with van der Waals surface area (Å²) in [6.45, 7) is 0. The minimum absolute atomic E-state index is 0.397. The Morgan fingerprint density at radius 1 is 1.10 bits per heavy atom. The number of likely N-dealkylation sites (N-methyl/N-ethyl adjacent to an activating group) is 1. The van der Waals surface area contributed by atoms with Crippen LogP contribution >= 0.6 is 0 Å². The van der Waals surface area contributed by atoms with Gasteiger partial charge < -0.3 is 19.7 Å². The average Bonchev–Trinajstić information content (AvgIpc) is 3.21. The van der Waals surface area contributed by atoms with Gasteiger partial charge in [0.15, 0.2) is 6.10 Å². The number of nitrogens with one attached hydrogen (secondary N) is 1. The molecule has 3 heterocycles. The molecule has 0 aliphatic heterocycles.